The molecule has 0 saturated heterocycles. The van der Waals surface area contributed by atoms with E-state index in [9.17, 15) is 18.0 Å². The largest absolute Gasteiger partial charge is 0.462 e. The van der Waals surface area contributed by atoms with Crippen LogP contribution in [-0.2, 0) is 17.4 Å². The molecule has 2 heterocycles. The minimum Gasteiger partial charge on any atom is -0.462 e. The van der Waals surface area contributed by atoms with Gasteiger partial charge >= 0.3 is 6.18 Å². The molecule has 192 valence electrons. The van der Waals surface area contributed by atoms with Crippen LogP contribution in [-0.4, -0.2) is 27.5 Å². The summed E-state index contributed by atoms with van der Waals surface area (Å²) in [4.78, 5) is 21.0. The standard InChI is InChI=1S/C26H26Cl2F3N3O2/c1-15-9-17(5-7-22(15)28)10-21(18-11-20(27)14-32-12-18)16(2)34-24(35)25(3,4)36-23-8-6-19(13-33-23)26(29,30)31/h5-9,11-14,16,21H,10H2,1-4H3,(H,34,35). The molecule has 0 bridgehead atoms. The molecule has 0 fully saturated rings. The van der Waals surface area contributed by atoms with Crippen LogP contribution in [0.15, 0.2) is 55.0 Å². The number of carbonyl (C=O) groups is 1. The second kappa shape index (κ2) is 11.0. The zero-order valence-corrected chi connectivity index (χ0v) is 21.7. The molecule has 2 atom stereocenters. The van der Waals surface area contributed by atoms with Crippen molar-refractivity contribution >= 4 is 29.1 Å². The fourth-order valence-electron chi connectivity index (χ4n) is 3.70. The smallest absolute Gasteiger partial charge is 0.417 e. The molecular formula is C26H26Cl2F3N3O2. The topological polar surface area (TPSA) is 64.1 Å². The number of aromatic nitrogens is 2. The van der Waals surface area contributed by atoms with E-state index in [0.29, 0.717) is 22.7 Å². The van der Waals surface area contributed by atoms with Gasteiger partial charge in [0, 0.05) is 41.6 Å². The average molecular weight is 540 g/mol. The molecular weight excluding hydrogens is 514 g/mol. The maximum Gasteiger partial charge on any atom is 0.417 e. The molecule has 2 aromatic heterocycles. The summed E-state index contributed by atoms with van der Waals surface area (Å²) in [5.74, 6) is -0.743. The first-order valence-corrected chi connectivity index (χ1v) is 11.9. The Morgan fingerprint density at radius 1 is 1.08 bits per heavy atom. The van der Waals surface area contributed by atoms with Gasteiger partial charge in [-0.3, -0.25) is 9.78 Å². The van der Waals surface area contributed by atoms with Crippen LogP contribution in [0.4, 0.5) is 13.2 Å². The summed E-state index contributed by atoms with van der Waals surface area (Å²) in [6, 6.07) is 9.12. The van der Waals surface area contributed by atoms with Crippen molar-refractivity contribution in [3.63, 3.8) is 0 Å². The molecule has 3 aromatic rings. The van der Waals surface area contributed by atoms with Gasteiger partial charge in [-0.1, -0.05) is 35.3 Å². The van der Waals surface area contributed by atoms with Gasteiger partial charge in [0.05, 0.1) is 10.6 Å². The lowest BCUT2D eigenvalue weighted by atomic mass is 9.86. The molecule has 0 aliphatic carbocycles. The molecule has 0 radical (unpaired) electrons. The molecule has 5 nitrogen and oxygen atoms in total. The summed E-state index contributed by atoms with van der Waals surface area (Å²) in [6.07, 6.45) is -0.0340. The van der Waals surface area contributed by atoms with Gasteiger partial charge in [0.25, 0.3) is 5.91 Å². The lowest BCUT2D eigenvalue weighted by molar-refractivity contribution is -0.138. The van der Waals surface area contributed by atoms with Crippen molar-refractivity contribution in [1.29, 1.82) is 0 Å². The van der Waals surface area contributed by atoms with E-state index < -0.39 is 23.2 Å². The molecule has 1 N–H and O–H groups in total. The minimum atomic E-state index is -4.51. The monoisotopic (exact) mass is 539 g/mol. The molecule has 2 unspecified atom stereocenters. The van der Waals surface area contributed by atoms with Crippen LogP contribution in [0.25, 0.3) is 0 Å². The van der Waals surface area contributed by atoms with Crippen molar-refractivity contribution in [3.05, 3.63) is 87.3 Å². The van der Waals surface area contributed by atoms with Gasteiger partial charge in [-0.2, -0.15) is 13.2 Å². The highest BCUT2D eigenvalue weighted by molar-refractivity contribution is 6.31. The number of hydrogen-bond acceptors (Lipinski definition) is 4. The number of carbonyl (C=O) groups excluding carboxylic acids is 1. The van der Waals surface area contributed by atoms with E-state index in [1.54, 1.807) is 12.3 Å². The van der Waals surface area contributed by atoms with Crippen molar-refractivity contribution in [2.75, 3.05) is 0 Å². The van der Waals surface area contributed by atoms with Gasteiger partial charge in [0.2, 0.25) is 5.88 Å². The minimum absolute atomic E-state index is 0.0944. The molecule has 0 spiro atoms. The summed E-state index contributed by atoms with van der Waals surface area (Å²) in [5, 5.41) is 4.11. The van der Waals surface area contributed by atoms with Crippen LogP contribution in [0.1, 0.15) is 48.9 Å². The van der Waals surface area contributed by atoms with E-state index in [4.69, 9.17) is 27.9 Å². The predicted molar refractivity (Wildman–Crippen MR) is 133 cm³/mol. The van der Waals surface area contributed by atoms with Gasteiger partial charge < -0.3 is 10.1 Å². The summed E-state index contributed by atoms with van der Waals surface area (Å²) in [7, 11) is 0. The highest BCUT2D eigenvalue weighted by Gasteiger charge is 2.34. The van der Waals surface area contributed by atoms with Crippen LogP contribution in [0.3, 0.4) is 0 Å². The number of pyridine rings is 2. The Bertz CT molecular complexity index is 1220. The Morgan fingerprint density at radius 2 is 1.81 bits per heavy atom. The van der Waals surface area contributed by atoms with E-state index >= 15 is 0 Å². The highest BCUT2D eigenvalue weighted by atomic mass is 35.5. The lowest BCUT2D eigenvalue weighted by Gasteiger charge is -2.30. The maximum atomic E-state index is 13.2. The third kappa shape index (κ3) is 7.11. The van der Waals surface area contributed by atoms with Gasteiger partial charge in [0.1, 0.15) is 0 Å². The van der Waals surface area contributed by atoms with Crippen molar-refractivity contribution in [2.24, 2.45) is 0 Å². The van der Waals surface area contributed by atoms with E-state index in [0.717, 1.165) is 28.8 Å². The Morgan fingerprint density at radius 3 is 2.39 bits per heavy atom. The first-order chi connectivity index (χ1) is 16.8. The molecule has 0 aliphatic heterocycles. The summed E-state index contributed by atoms with van der Waals surface area (Å²) >= 11 is 12.4. The summed E-state index contributed by atoms with van der Waals surface area (Å²) in [5.41, 5.74) is 0.488. The molecule has 0 saturated carbocycles. The van der Waals surface area contributed by atoms with E-state index in [1.165, 1.54) is 20.0 Å². The number of nitrogens with one attached hydrogen (secondary N) is 1. The first-order valence-electron chi connectivity index (χ1n) is 11.1. The lowest BCUT2D eigenvalue weighted by Crippen LogP contribution is -2.51. The third-order valence-corrected chi connectivity index (χ3v) is 6.40. The Hall–Kier alpha value is -2.84. The van der Waals surface area contributed by atoms with E-state index in [1.807, 2.05) is 32.0 Å². The molecule has 0 aliphatic rings. The van der Waals surface area contributed by atoms with Crippen molar-refractivity contribution in [3.8, 4) is 5.88 Å². The number of benzene rings is 1. The van der Waals surface area contributed by atoms with Gasteiger partial charge in [-0.15, -0.1) is 0 Å². The number of halogens is 5. The van der Waals surface area contributed by atoms with Gasteiger partial charge in [-0.25, -0.2) is 4.98 Å². The van der Waals surface area contributed by atoms with E-state index in [2.05, 4.69) is 15.3 Å². The zero-order valence-electron chi connectivity index (χ0n) is 20.2. The fraction of sp³-hybridized carbons (Fsp3) is 0.346. The second-order valence-electron chi connectivity index (χ2n) is 9.09. The average Bonchev–Trinajstić information content (AvgIpc) is 2.79. The van der Waals surface area contributed by atoms with Crippen LogP contribution in [0.5, 0.6) is 5.88 Å². The highest BCUT2D eigenvalue weighted by Crippen LogP contribution is 2.31. The van der Waals surface area contributed by atoms with Crippen LogP contribution < -0.4 is 10.1 Å². The number of aryl methyl sites for hydroxylation is 1. The fourth-order valence-corrected chi connectivity index (χ4v) is 4.00. The first kappa shape index (κ1) is 27.7. The number of nitrogens with zero attached hydrogens (tertiary/aromatic N) is 2. The van der Waals surface area contributed by atoms with Crippen LogP contribution in [0.2, 0.25) is 10.0 Å². The van der Waals surface area contributed by atoms with Crippen molar-refractivity contribution in [2.45, 2.75) is 57.9 Å². The van der Waals surface area contributed by atoms with Gasteiger partial charge in [-0.05, 0) is 69.0 Å². The Kier molecular flexibility index (Phi) is 8.52. The van der Waals surface area contributed by atoms with Crippen molar-refractivity contribution < 1.29 is 22.7 Å². The summed E-state index contributed by atoms with van der Waals surface area (Å²) < 4.78 is 44.1. The molecule has 3 rings (SSSR count). The van der Waals surface area contributed by atoms with Crippen molar-refractivity contribution in [1.82, 2.24) is 15.3 Å². The number of rotatable bonds is 8. The summed E-state index contributed by atoms with van der Waals surface area (Å²) in [6.45, 7) is 6.82. The molecule has 36 heavy (non-hydrogen) atoms. The predicted octanol–water partition coefficient (Wildman–Crippen LogP) is 6.80. The SMILES string of the molecule is Cc1cc(CC(c2cncc(Cl)c2)C(C)NC(=O)C(C)(C)Oc2ccc(C(F)(F)F)cn2)ccc1Cl. The molecule has 10 heteroatoms. The zero-order chi connectivity index (χ0) is 26.7. The number of hydrogen-bond donors (Lipinski definition) is 1. The molecule has 1 aromatic carbocycles. The van der Waals surface area contributed by atoms with Crippen LogP contribution >= 0.6 is 23.2 Å². The van der Waals surface area contributed by atoms with Gasteiger partial charge in [0.15, 0.2) is 5.60 Å². The number of amides is 1. The third-order valence-electron chi connectivity index (χ3n) is 5.76. The normalized spacial score (nSPS) is 13.7. The second-order valence-corrected chi connectivity index (χ2v) is 9.93. The quantitative estimate of drug-likeness (QED) is 0.342. The Balaban J connectivity index is 1.78. The van der Waals surface area contributed by atoms with E-state index in [-0.39, 0.29) is 17.8 Å². The maximum absolute atomic E-state index is 13.2. The Labute approximate surface area is 218 Å². The number of alkyl halides is 3. The molecule has 1 amide bonds. The number of ether oxygens (including phenoxy) is 1. The van der Waals surface area contributed by atoms with Crippen LogP contribution in [0, 0.1) is 6.92 Å².